The molecule has 2 rings (SSSR count). The highest BCUT2D eigenvalue weighted by molar-refractivity contribution is 5.70. The van der Waals surface area contributed by atoms with Gasteiger partial charge in [0.05, 0.1) is 12.5 Å². The summed E-state index contributed by atoms with van der Waals surface area (Å²) in [6.07, 6.45) is 3.50. The second-order valence-corrected chi connectivity index (χ2v) is 5.52. The second-order valence-electron chi connectivity index (χ2n) is 5.52. The summed E-state index contributed by atoms with van der Waals surface area (Å²) >= 11 is 0. The van der Waals surface area contributed by atoms with Crippen LogP contribution < -0.4 is 5.32 Å². The summed E-state index contributed by atoms with van der Waals surface area (Å²) in [6, 6.07) is 8.85. The van der Waals surface area contributed by atoms with Crippen molar-refractivity contribution in [3.05, 3.63) is 35.4 Å². The Morgan fingerprint density at radius 2 is 1.80 bits per heavy atom. The molecule has 2 N–H and O–H groups in total. The van der Waals surface area contributed by atoms with Crippen molar-refractivity contribution >= 4 is 5.97 Å². The largest absolute Gasteiger partial charge is 0.481 e. The van der Waals surface area contributed by atoms with E-state index in [9.17, 15) is 4.79 Å². The zero-order chi connectivity index (χ0) is 14.4. The molecule has 0 radical (unpaired) electrons. The fraction of sp³-hybridized carbons (Fsp3) is 0.562. The zero-order valence-electron chi connectivity index (χ0n) is 12.0. The predicted octanol–water partition coefficient (Wildman–Crippen LogP) is 2.57. The van der Waals surface area contributed by atoms with Gasteiger partial charge in [-0.2, -0.15) is 0 Å². The molecule has 4 nitrogen and oxygen atoms in total. The van der Waals surface area contributed by atoms with Crippen LogP contribution in [0.3, 0.4) is 0 Å². The number of nitrogens with one attached hydrogen (secondary N) is 1. The van der Waals surface area contributed by atoms with E-state index in [4.69, 9.17) is 9.84 Å². The van der Waals surface area contributed by atoms with E-state index in [1.807, 2.05) is 0 Å². The van der Waals surface area contributed by atoms with E-state index in [1.54, 1.807) is 7.11 Å². The fourth-order valence-electron chi connectivity index (χ4n) is 2.73. The van der Waals surface area contributed by atoms with Gasteiger partial charge in [0.25, 0.3) is 0 Å². The summed E-state index contributed by atoms with van der Waals surface area (Å²) in [5.74, 6) is -0.779. The van der Waals surface area contributed by atoms with E-state index in [0.29, 0.717) is 12.6 Å². The molecule has 1 saturated carbocycles. The molecular weight excluding hydrogens is 254 g/mol. The third kappa shape index (κ3) is 4.32. The summed E-state index contributed by atoms with van der Waals surface area (Å²) in [6.45, 7) is 1.49. The standard InChI is InChI=1S/C16H23NO3/c1-20-11-13-4-2-12(3-5-13)10-17-15-8-6-14(7-9-15)16(18)19/h2-5,14-15,17H,6-11H2,1H3,(H,18,19). The molecule has 1 aliphatic rings. The minimum Gasteiger partial charge on any atom is -0.481 e. The van der Waals surface area contributed by atoms with Gasteiger partial charge in [0.15, 0.2) is 0 Å². The second kappa shape index (κ2) is 7.41. The van der Waals surface area contributed by atoms with Crippen LogP contribution in [0.1, 0.15) is 36.8 Å². The summed E-state index contributed by atoms with van der Waals surface area (Å²) in [7, 11) is 1.70. The molecule has 0 aliphatic heterocycles. The van der Waals surface area contributed by atoms with Crippen molar-refractivity contribution < 1.29 is 14.6 Å². The van der Waals surface area contributed by atoms with Gasteiger partial charge in [-0.25, -0.2) is 0 Å². The van der Waals surface area contributed by atoms with E-state index in [0.717, 1.165) is 32.2 Å². The molecule has 110 valence electrons. The molecule has 0 bridgehead atoms. The summed E-state index contributed by atoms with van der Waals surface area (Å²) in [5.41, 5.74) is 2.43. The monoisotopic (exact) mass is 277 g/mol. The highest BCUT2D eigenvalue weighted by atomic mass is 16.5. The van der Waals surface area contributed by atoms with E-state index >= 15 is 0 Å². The van der Waals surface area contributed by atoms with Gasteiger partial charge < -0.3 is 15.2 Å². The van der Waals surface area contributed by atoms with Crippen LogP contribution in [0.15, 0.2) is 24.3 Å². The van der Waals surface area contributed by atoms with Crippen molar-refractivity contribution in [1.82, 2.24) is 5.32 Å². The molecule has 4 heteroatoms. The van der Waals surface area contributed by atoms with Crippen molar-refractivity contribution in [3.63, 3.8) is 0 Å². The number of benzene rings is 1. The Hall–Kier alpha value is -1.39. The third-order valence-corrected chi connectivity index (χ3v) is 4.01. The molecule has 1 aromatic rings. The number of ether oxygens (including phenoxy) is 1. The van der Waals surface area contributed by atoms with Crippen LogP contribution >= 0.6 is 0 Å². The number of methoxy groups -OCH3 is 1. The fourth-order valence-corrected chi connectivity index (χ4v) is 2.73. The number of aliphatic carboxylic acids is 1. The number of carbonyl (C=O) groups is 1. The lowest BCUT2D eigenvalue weighted by Crippen LogP contribution is -2.34. The molecule has 0 heterocycles. The number of hydrogen-bond acceptors (Lipinski definition) is 3. The van der Waals surface area contributed by atoms with Gasteiger partial charge in [-0.05, 0) is 36.8 Å². The minimum absolute atomic E-state index is 0.138. The number of carboxylic acid groups (broad SMARTS) is 1. The Bertz CT molecular complexity index is 422. The Balaban J connectivity index is 1.74. The Labute approximate surface area is 120 Å². The first-order valence-corrected chi connectivity index (χ1v) is 7.22. The molecule has 0 spiro atoms. The topological polar surface area (TPSA) is 58.6 Å². The molecule has 0 unspecified atom stereocenters. The molecule has 20 heavy (non-hydrogen) atoms. The van der Waals surface area contributed by atoms with Crippen LogP contribution in [-0.4, -0.2) is 24.2 Å². The Morgan fingerprint density at radius 1 is 1.20 bits per heavy atom. The maximum absolute atomic E-state index is 10.9. The highest BCUT2D eigenvalue weighted by Crippen LogP contribution is 2.24. The molecule has 1 aromatic carbocycles. The summed E-state index contributed by atoms with van der Waals surface area (Å²) in [4.78, 5) is 10.9. The lowest BCUT2D eigenvalue weighted by Gasteiger charge is -2.27. The van der Waals surface area contributed by atoms with Gasteiger partial charge >= 0.3 is 5.97 Å². The van der Waals surface area contributed by atoms with Gasteiger partial charge in [0.1, 0.15) is 0 Å². The van der Waals surface area contributed by atoms with Gasteiger partial charge in [-0.1, -0.05) is 24.3 Å². The van der Waals surface area contributed by atoms with Gasteiger partial charge in [-0.15, -0.1) is 0 Å². The van der Waals surface area contributed by atoms with E-state index in [-0.39, 0.29) is 5.92 Å². The van der Waals surface area contributed by atoms with E-state index in [2.05, 4.69) is 29.6 Å². The lowest BCUT2D eigenvalue weighted by atomic mass is 9.86. The SMILES string of the molecule is COCc1ccc(CNC2CCC(C(=O)O)CC2)cc1. The first kappa shape index (κ1) is 15.0. The van der Waals surface area contributed by atoms with Crippen molar-refractivity contribution in [2.24, 2.45) is 5.92 Å². The maximum Gasteiger partial charge on any atom is 0.306 e. The average Bonchev–Trinajstić information content (AvgIpc) is 2.47. The average molecular weight is 277 g/mol. The number of carboxylic acids is 1. The summed E-state index contributed by atoms with van der Waals surface area (Å²) in [5, 5.41) is 12.5. The van der Waals surface area contributed by atoms with Gasteiger partial charge in [0.2, 0.25) is 0 Å². The molecule has 1 fully saturated rings. The highest BCUT2D eigenvalue weighted by Gasteiger charge is 2.25. The molecule has 0 aromatic heterocycles. The van der Waals surface area contributed by atoms with E-state index < -0.39 is 5.97 Å². The molecule has 0 amide bonds. The van der Waals surface area contributed by atoms with Crippen LogP contribution in [0.5, 0.6) is 0 Å². The number of hydrogen-bond donors (Lipinski definition) is 2. The van der Waals surface area contributed by atoms with Crippen LogP contribution in [0.4, 0.5) is 0 Å². The quantitative estimate of drug-likeness (QED) is 0.839. The predicted molar refractivity (Wildman–Crippen MR) is 77.4 cm³/mol. The third-order valence-electron chi connectivity index (χ3n) is 4.01. The molecule has 0 atom stereocenters. The van der Waals surface area contributed by atoms with E-state index in [1.165, 1.54) is 11.1 Å². The first-order chi connectivity index (χ1) is 9.69. The maximum atomic E-state index is 10.9. The van der Waals surface area contributed by atoms with Crippen molar-refractivity contribution in [2.45, 2.75) is 44.9 Å². The van der Waals surface area contributed by atoms with Crippen molar-refractivity contribution in [1.29, 1.82) is 0 Å². The molecular formula is C16H23NO3. The van der Waals surface area contributed by atoms with Crippen molar-refractivity contribution in [3.8, 4) is 0 Å². The molecule has 1 aliphatic carbocycles. The Kier molecular flexibility index (Phi) is 5.56. The lowest BCUT2D eigenvalue weighted by molar-refractivity contribution is -0.142. The van der Waals surface area contributed by atoms with Gasteiger partial charge in [0, 0.05) is 19.7 Å². The van der Waals surface area contributed by atoms with Crippen molar-refractivity contribution in [2.75, 3.05) is 7.11 Å². The van der Waals surface area contributed by atoms with Crippen LogP contribution in [0.25, 0.3) is 0 Å². The molecule has 0 saturated heterocycles. The zero-order valence-corrected chi connectivity index (χ0v) is 12.0. The summed E-state index contributed by atoms with van der Waals surface area (Å²) < 4.78 is 5.09. The number of rotatable bonds is 6. The normalized spacial score (nSPS) is 22.6. The Morgan fingerprint density at radius 3 is 2.35 bits per heavy atom. The van der Waals surface area contributed by atoms with Crippen LogP contribution in [0.2, 0.25) is 0 Å². The van der Waals surface area contributed by atoms with Gasteiger partial charge in [-0.3, -0.25) is 4.79 Å². The smallest absolute Gasteiger partial charge is 0.306 e. The van der Waals surface area contributed by atoms with Crippen LogP contribution in [0, 0.1) is 5.92 Å². The first-order valence-electron chi connectivity index (χ1n) is 7.22. The van der Waals surface area contributed by atoms with Crippen LogP contribution in [-0.2, 0) is 22.7 Å². The minimum atomic E-state index is -0.641.